The lowest BCUT2D eigenvalue weighted by atomic mass is 9.97. The molecule has 0 bridgehead atoms. The van der Waals surface area contributed by atoms with Gasteiger partial charge in [0.05, 0.1) is 11.4 Å². The fourth-order valence-electron chi connectivity index (χ4n) is 6.78. The van der Waals surface area contributed by atoms with Crippen LogP contribution in [0.1, 0.15) is 0 Å². The van der Waals surface area contributed by atoms with Gasteiger partial charge in [-0.15, -0.1) is 0 Å². The smallest absolute Gasteiger partial charge is 0.160 e. The molecule has 2 heterocycles. The van der Waals surface area contributed by atoms with Gasteiger partial charge in [0.15, 0.2) is 5.82 Å². The maximum atomic E-state index is 5.42. The van der Waals surface area contributed by atoms with Gasteiger partial charge in [-0.3, -0.25) is 0 Å². The summed E-state index contributed by atoms with van der Waals surface area (Å²) in [5.74, 6) is 0.761. The largest absolute Gasteiger partial charge is 0.228 e. The van der Waals surface area contributed by atoms with E-state index in [1.807, 2.05) is 0 Å². The predicted octanol–water partition coefficient (Wildman–Crippen LogP) is 9.61. The Morgan fingerprint density at radius 3 is 1.42 bits per heavy atom. The molecule has 45 heavy (non-hydrogen) atoms. The number of benzene rings is 6. The van der Waals surface area contributed by atoms with Crippen LogP contribution in [0.2, 0.25) is 13.1 Å². The van der Waals surface area contributed by atoms with Crippen LogP contribution in [0, 0.1) is 0 Å². The average Bonchev–Trinajstić information content (AvgIpc) is 3.35. The molecule has 0 saturated heterocycles. The van der Waals surface area contributed by atoms with Crippen molar-refractivity contribution in [2.24, 2.45) is 0 Å². The predicted molar refractivity (Wildman–Crippen MR) is 191 cm³/mol. The molecule has 1 aliphatic rings. The van der Waals surface area contributed by atoms with Crippen LogP contribution >= 0.6 is 0 Å². The number of nitrogens with zero attached hydrogens (tertiary/aromatic N) is 2. The standard InChI is InChI=1S/C42H32N2Si/c1-45(2)38-25-10-9-24-37(38)40-41(45)39(35-22-12-19-32(27-35)30-16-7-4-8-17-30)43-42(44-40)36-23-13-21-34(28-36)33-20-11-18-31(26-33)29-14-5-3-6-15-29/h3-28H,1-2H3. The van der Waals surface area contributed by atoms with Gasteiger partial charge < -0.3 is 0 Å². The maximum absolute atomic E-state index is 5.42. The van der Waals surface area contributed by atoms with Crippen molar-refractivity contribution in [3.8, 4) is 67.3 Å². The molecule has 1 aromatic heterocycles. The lowest BCUT2D eigenvalue weighted by molar-refractivity contribution is 1.20. The van der Waals surface area contributed by atoms with E-state index in [-0.39, 0.29) is 0 Å². The molecule has 0 saturated carbocycles. The molecule has 0 spiro atoms. The number of fused-ring (bicyclic) bond motifs is 3. The SMILES string of the molecule is C[Si]1(C)c2ccccc2-c2nc(-c3cccc(-c4cccc(-c5ccccc5)c4)c3)nc(-c3cccc(-c4ccccc4)c3)c21. The summed E-state index contributed by atoms with van der Waals surface area (Å²) in [4.78, 5) is 10.8. The Kier molecular flexibility index (Phi) is 6.62. The first-order valence-corrected chi connectivity index (χ1v) is 18.5. The van der Waals surface area contributed by atoms with Gasteiger partial charge in [0.25, 0.3) is 0 Å². The Morgan fingerprint density at radius 1 is 0.378 bits per heavy atom. The van der Waals surface area contributed by atoms with Gasteiger partial charge in [-0.1, -0.05) is 153 Å². The second-order valence-electron chi connectivity index (χ2n) is 12.3. The Hall–Kier alpha value is -5.38. The highest BCUT2D eigenvalue weighted by Crippen LogP contribution is 2.35. The van der Waals surface area contributed by atoms with Crippen LogP contribution in [0.15, 0.2) is 158 Å². The molecule has 0 atom stereocenters. The lowest BCUT2D eigenvalue weighted by Crippen LogP contribution is -2.50. The van der Waals surface area contributed by atoms with Gasteiger partial charge in [0.1, 0.15) is 8.07 Å². The van der Waals surface area contributed by atoms with Crippen molar-refractivity contribution in [1.82, 2.24) is 9.97 Å². The second-order valence-corrected chi connectivity index (χ2v) is 16.6. The van der Waals surface area contributed by atoms with Crippen molar-refractivity contribution >= 4 is 18.4 Å². The lowest BCUT2D eigenvalue weighted by Gasteiger charge is -2.22. The van der Waals surface area contributed by atoms with Crippen LogP contribution in [-0.2, 0) is 0 Å². The van der Waals surface area contributed by atoms with Gasteiger partial charge in [-0.2, -0.15) is 0 Å². The zero-order valence-electron chi connectivity index (χ0n) is 25.4. The molecule has 0 N–H and O–H groups in total. The van der Waals surface area contributed by atoms with Gasteiger partial charge in [0.2, 0.25) is 0 Å². The monoisotopic (exact) mass is 592 g/mol. The molecular weight excluding hydrogens is 561 g/mol. The number of hydrogen-bond donors (Lipinski definition) is 0. The van der Waals surface area contributed by atoms with E-state index in [1.165, 1.54) is 43.8 Å². The number of hydrogen-bond acceptors (Lipinski definition) is 2. The molecule has 0 aliphatic carbocycles. The van der Waals surface area contributed by atoms with E-state index in [0.717, 1.165) is 33.9 Å². The quantitative estimate of drug-likeness (QED) is 0.186. The molecule has 2 nitrogen and oxygen atoms in total. The first-order chi connectivity index (χ1) is 22.1. The summed E-state index contributed by atoms with van der Waals surface area (Å²) in [7, 11) is -2.06. The average molecular weight is 593 g/mol. The fourth-order valence-corrected chi connectivity index (χ4v) is 10.0. The molecule has 214 valence electrons. The van der Waals surface area contributed by atoms with Crippen LogP contribution < -0.4 is 10.4 Å². The van der Waals surface area contributed by atoms with E-state index in [4.69, 9.17) is 9.97 Å². The molecular formula is C42H32N2Si. The third kappa shape index (κ3) is 4.82. The van der Waals surface area contributed by atoms with Crippen LogP contribution in [0.5, 0.6) is 0 Å². The van der Waals surface area contributed by atoms with Crippen molar-refractivity contribution in [2.45, 2.75) is 13.1 Å². The Balaban J connectivity index is 1.30. The number of rotatable bonds is 5. The zero-order valence-corrected chi connectivity index (χ0v) is 26.4. The van der Waals surface area contributed by atoms with Gasteiger partial charge in [0, 0.05) is 11.1 Å². The van der Waals surface area contributed by atoms with Crippen LogP contribution in [0.3, 0.4) is 0 Å². The molecule has 0 unspecified atom stereocenters. The maximum Gasteiger partial charge on any atom is 0.160 e. The van der Waals surface area contributed by atoms with Crippen molar-refractivity contribution < 1.29 is 0 Å². The Labute approximate surface area is 265 Å². The summed E-state index contributed by atoms with van der Waals surface area (Å²) in [6.45, 7) is 4.87. The van der Waals surface area contributed by atoms with Crippen molar-refractivity contribution in [3.63, 3.8) is 0 Å². The fraction of sp³-hybridized carbons (Fsp3) is 0.0476. The van der Waals surface area contributed by atoms with E-state index >= 15 is 0 Å². The van der Waals surface area contributed by atoms with Gasteiger partial charge >= 0.3 is 0 Å². The zero-order chi connectivity index (χ0) is 30.4. The highest BCUT2D eigenvalue weighted by atomic mass is 28.3. The first kappa shape index (κ1) is 27.2. The van der Waals surface area contributed by atoms with Crippen molar-refractivity contribution in [2.75, 3.05) is 0 Å². The highest BCUT2D eigenvalue weighted by molar-refractivity contribution is 7.04. The Bertz CT molecular complexity index is 2190. The molecule has 0 fully saturated rings. The molecule has 7 aromatic rings. The van der Waals surface area contributed by atoms with E-state index in [2.05, 4.69) is 171 Å². The van der Waals surface area contributed by atoms with E-state index in [9.17, 15) is 0 Å². The van der Waals surface area contributed by atoms with Crippen molar-refractivity contribution in [3.05, 3.63) is 158 Å². The third-order valence-electron chi connectivity index (χ3n) is 9.06. The summed E-state index contributed by atoms with van der Waals surface area (Å²) in [5.41, 5.74) is 12.7. The minimum Gasteiger partial charge on any atom is -0.228 e. The van der Waals surface area contributed by atoms with Crippen LogP contribution in [0.25, 0.3) is 67.3 Å². The summed E-state index contributed by atoms with van der Waals surface area (Å²) in [6, 6.07) is 56.2. The van der Waals surface area contributed by atoms with Gasteiger partial charge in [-0.25, -0.2) is 9.97 Å². The normalized spacial score (nSPS) is 12.8. The van der Waals surface area contributed by atoms with Crippen LogP contribution in [0.4, 0.5) is 0 Å². The minimum atomic E-state index is -2.06. The van der Waals surface area contributed by atoms with Crippen molar-refractivity contribution in [1.29, 1.82) is 0 Å². The molecule has 1 aliphatic heterocycles. The molecule has 0 radical (unpaired) electrons. The molecule has 0 amide bonds. The summed E-state index contributed by atoms with van der Waals surface area (Å²) in [5, 5.41) is 2.75. The van der Waals surface area contributed by atoms with E-state index in [1.54, 1.807) is 0 Å². The number of aromatic nitrogens is 2. The highest BCUT2D eigenvalue weighted by Gasteiger charge is 2.41. The minimum absolute atomic E-state index is 0.761. The van der Waals surface area contributed by atoms with Crippen LogP contribution in [-0.4, -0.2) is 18.0 Å². The van der Waals surface area contributed by atoms with E-state index < -0.39 is 8.07 Å². The summed E-state index contributed by atoms with van der Waals surface area (Å²) in [6.07, 6.45) is 0. The summed E-state index contributed by atoms with van der Waals surface area (Å²) < 4.78 is 0. The van der Waals surface area contributed by atoms with E-state index in [0.29, 0.717) is 0 Å². The Morgan fingerprint density at radius 2 is 0.800 bits per heavy atom. The summed E-state index contributed by atoms with van der Waals surface area (Å²) >= 11 is 0. The molecule has 6 aromatic carbocycles. The topological polar surface area (TPSA) is 25.8 Å². The third-order valence-corrected chi connectivity index (χ3v) is 12.6. The van der Waals surface area contributed by atoms with Gasteiger partial charge in [-0.05, 0) is 67.5 Å². The molecule has 3 heteroatoms. The second kappa shape index (κ2) is 11.0. The first-order valence-electron chi connectivity index (χ1n) is 15.5. The molecule has 8 rings (SSSR count).